The minimum Gasteiger partial charge on any atom is -0.311 e. The third kappa shape index (κ3) is 1.39. The molecule has 1 aliphatic heterocycles. The largest absolute Gasteiger partial charge is 0.435 e. The molecule has 78 valence electrons. The highest BCUT2D eigenvalue weighted by molar-refractivity contribution is 5.30. The SMILES string of the molecule is Cn1nc(C(F)(F)F)c2c1CNCC2. The predicted octanol–water partition coefficient (Wildman–Crippen LogP) is 1.08. The van der Waals surface area contributed by atoms with Gasteiger partial charge in [0.05, 0.1) is 5.69 Å². The highest BCUT2D eigenvalue weighted by atomic mass is 19.4. The van der Waals surface area contributed by atoms with Gasteiger partial charge < -0.3 is 5.32 Å². The van der Waals surface area contributed by atoms with Crippen LogP contribution in [0.4, 0.5) is 13.2 Å². The van der Waals surface area contributed by atoms with Gasteiger partial charge in [-0.15, -0.1) is 0 Å². The quantitative estimate of drug-likeness (QED) is 0.687. The number of hydrogen-bond donors (Lipinski definition) is 1. The lowest BCUT2D eigenvalue weighted by molar-refractivity contribution is -0.142. The van der Waals surface area contributed by atoms with Gasteiger partial charge in [0, 0.05) is 19.2 Å². The van der Waals surface area contributed by atoms with Crippen LogP contribution in [0.25, 0.3) is 0 Å². The number of nitrogens with one attached hydrogen (secondary N) is 1. The Morgan fingerprint density at radius 3 is 2.79 bits per heavy atom. The molecule has 0 amide bonds. The molecule has 0 saturated carbocycles. The minimum absolute atomic E-state index is 0.346. The molecule has 3 nitrogen and oxygen atoms in total. The summed E-state index contributed by atoms with van der Waals surface area (Å²) in [4.78, 5) is 0. The lowest BCUT2D eigenvalue weighted by Crippen LogP contribution is -2.25. The maximum atomic E-state index is 12.5. The van der Waals surface area contributed by atoms with E-state index in [0.29, 0.717) is 30.8 Å². The normalized spacial score (nSPS) is 16.9. The van der Waals surface area contributed by atoms with Gasteiger partial charge in [-0.05, 0) is 13.0 Å². The Morgan fingerprint density at radius 2 is 2.14 bits per heavy atom. The van der Waals surface area contributed by atoms with E-state index in [4.69, 9.17) is 0 Å². The molecule has 0 unspecified atom stereocenters. The first-order chi connectivity index (χ1) is 6.50. The highest BCUT2D eigenvalue weighted by Crippen LogP contribution is 2.33. The molecule has 2 rings (SSSR count). The fraction of sp³-hybridized carbons (Fsp3) is 0.625. The van der Waals surface area contributed by atoms with Crippen molar-refractivity contribution < 1.29 is 13.2 Å². The summed E-state index contributed by atoms with van der Waals surface area (Å²) in [5.74, 6) is 0. The smallest absolute Gasteiger partial charge is 0.311 e. The minimum atomic E-state index is -4.33. The monoisotopic (exact) mass is 205 g/mol. The van der Waals surface area contributed by atoms with E-state index < -0.39 is 11.9 Å². The Hall–Kier alpha value is -1.04. The van der Waals surface area contributed by atoms with Gasteiger partial charge in [0.2, 0.25) is 0 Å². The molecule has 0 spiro atoms. The van der Waals surface area contributed by atoms with Crippen LogP contribution in [0.3, 0.4) is 0 Å². The zero-order valence-electron chi connectivity index (χ0n) is 7.65. The van der Waals surface area contributed by atoms with Crippen molar-refractivity contribution in [3.8, 4) is 0 Å². The summed E-state index contributed by atoms with van der Waals surface area (Å²) in [6.07, 6.45) is -3.93. The molecule has 1 aromatic heterocycles. The average molecular weight is 205 g/mol. The second-order valence-electron chi connectivity index (χ2n) is 3.32. The standard InChI is InChI=1S/C8H10F3N3/c1-14-6-4-12-3-2-5(6)7(13-14)8(9,10)11/h12H,2-4H2,1H3. The molecule has 2 heterocycles. The second kappa shape index (κ2) is 2.98. The summed E-state index contributed by atoms with van der Waals surface area (Å²) < 4.78 is 38.8. The van der Waals surface area contributed by atoms with E-state index >= 15 is 0 Å². The van der Waals surface area contributed by atoms with Crippen molar-refractivity contribution >= 4 is 0 Å². The summed E-state index contributed by atoms with van der Waals surface area (Å²) in [7, 11) is 1.54. The Balaban J connectivity index is 2.52. The van der Waals surface area contributed by atoms with Crippen LogP contribution in [0.1, 0.15) is 17.0 Å². The van der Waals surface area contributed by atoms with Gasteiger partial charge in [0.15, 0.2) is 5.69 Å². The van der Waals surface area contributed by atoms with E-state index in [1.54, 1.807) is 7.05 Å². The van der Waals surface area contributed by atoms with Crippen molar-refractivity contribution in [2.75, 3.05) is 6.54 Å². The summed E-state index contributed by atoms with van der Waals surface area (Å²) in [6, 6.07) is 0. The molecular formula is C8H10F3N3. The molecule has 14 heavy (non-hydrogen) atoms. The van der Waals surface area contributed by atoms with Crippen molar-refractivity contribution in [2.45, 2.75) is 19.1 Å². The number of hydrogen-bond acceptors (Lipinski definition) is 2. The maximum absolute atomic E-state index is 12.5. The Labute approximate surface area is 78.9 Å². The van der Waals surface area contributed by atoms with Crippen LogP contribution in [-0.2, 0) is 26.2 Å². The van der Waals surface area contributed by atoms with Gasteiger partial charge in [-0.3, -0.25) is 4.68 Å². The van der Waals surface area contributed by atoms with Crippen molar-refractivity contribution in [3.63, 3.8) is 0 Å². The highest BCUT2D eigenvalue weighted by Gasteiger charge is 2.38. The van der Waals surface area contributed by atoms with Gasteiger partial charge >= 0.3 is 6.18 Å². The molecule has 0 aromatic carbocycles. The molecule has 1 aromatic rings. The van der Waals surface area contributed by atoms with Gasteiger partial charge in [-0.2, -0.15) is 18.3 Å². The third-order valence-corrected chi connectivity index (χ3v) is 2.39. The Kier molecular flexibility index (Phi) is 2.02. The van der Waals surface area contributed by atoms with E-state index in [2.05, 4.69) is 10.4 Å². The number of halogens is 3. The first-order valence-electron chi connectivity index (χ1n) is 4.33. The molecule has 0 fully saturated rings. The molecule has 1 N–H and O–H groups in total. The summed E-state index contributed by atoms with van der Waals surface area (Å²) >= 11 is 0. The van der Waals surface area contributed by atoms with Crippen molar-refractivity contribution in [1.82, 2.24) is 15.1 Å². The third-order valence-electron chi connectivity index (χ3n) is 2.39. The number of nitrogens with zero attached hydrogens (tertiary/aromatic N) is 2. The van der Waals surface area contributed by atoms with E-state index in [1.165, 1.54) is 4.68 Å². The number of alkyl halides is 3. The van der Waals surface area contributed by atoms with Crippen LogP contribution in [0, 0.1) is 0 Å². The first kappa shape index (κ1) is 9.51. The van der Waals surface area contributed by atoms with Crippen LogP contribution in [0.5, 0.6) is 0 Å². The van der Waals surface area contributed by atoms with Crippen LogP contribution >= 0.6 is 0 Å². The van der Waals surface area contributed by atoms with Crippen LogP contribution in [0.15, 0.2) is 0 Å². The average Bonchev–Trinajstić information content (AvgIpc) is 2.44. The zero-order chi connectivity index (χ0) is 10.3. The van der Waals surface area contributed by atoms with Gasteiger partial charge in [-0.1, -0.05) is 0 Å². The van der Waals surface area contributed by atoms with Gasteiger partial charge in [0.1, 0.15) is 0 Å². The molecule has 0 atom stereocenters. The number of aryl methyl sites for hydroxylation is 1. The van der Waals surface area contributed by atoms with E-state index in [1.807, 2.05) is 0 Å². The summed E-state index contributed by atoms with van der Waals surface area (Å²) in [5.41, 5.74) is 0.263. The van der Waals surface area contributed by atoms with Crippen molar-refractivity contribution in [1.29, 1.82) is 0 Å². The molecule has 0 saturated heterocycles. The molecule has 1 aliphatic rings. The van der Waals surface area contributed by atoms with Crippen molar-refractivity contribution in [3.05, 3.63) is 17.0 Å². The maximum Gasteiger partial charge on any atom is 0.435 e. The number of rotatable bonds is 0. The molecule has 6 heteroatoms. The topological polar surface area (TPSA) is 29.9 Å². The summed E-state index contributed by atoms with van der Waals surface area (Å²) in [5, 5.41) is 6.53. The number of aromatic nitrogens is 2. The molecule has 0 radical (unpaired) electrons. The lowest BCUT2D eigenvalue weighted by atomic mass is 10.1. The van der Waals surface area contributed by atoms with Crippen LogP contribution in [-0.4, -0.2) is 16.3 Å². The van der Waals surface area contributed by atoms with Gasteiger partial charge in [-0.25, -0.2) is 0 Å². The molecular weight excluding hydrogens is 195 g/mol. The fourth-order valence-corrected chi connectivity index (χ4v) is 1.73. The van der Waals surface area contributed by atoms with Crippen LogP contribution < -0.4 is 5.32 Å². The van der Waals surface area contributed by atoms with Crippen molar-refractivity contribution in [2.24, 2.45) is 7.05 Å². The van der Waals surface area contributed by atoms with E-state index in [9.17, 15) is 13.2 Å². The van der Waals surface area contributed by atoms with E-state index in [0.717, 1.165) is 0 Å². The second-order valence-corrected chi connectivity index (χ2v) is 3.32. The Morgan fingerprint density at radius 1 is 1.43 bits per heavy atom. The molecule has 0 bridgehead atoms. The Bertz CT molecular complexity index is 353. The summed E-state index contributed by atoms with van der Waals surface area (Å²) in [6.45, 7) is 1.05. The molecule has 0 aliphatic carbocycles. The first-order valence-corrected chi connectivity index (χ1v) is 4.33. The zero-order valence-corrected chi connectivity index (χ0v) is 7.65. The fourth-order valence-electron chi connectivity index (χ4n) is 1.73. The van der Waals surface area contributed by atoms with Crippen LogP contribution in [0.2, 0.25) is 0 Å². The van der Waals surface area contributed by atoms with Gasteiger partial charge in [0.25, 0.3) is 0 Å². The van der Waals surface area contributed by atoms with E-state index in [-0.39, 0.29) is 0 Å². The predicted molar refractivity (Wildman–Crippen MR) is 43.6 cm³/mol. The number of fused-ring (bicyclic) bond motifs is 1. The lowest BCUT2D eigenvalue weighted by Gasteiger charge is -2.14.